The van der Waals surface area contributed by atoms with Crippen molar-refractivity contribution in [3.8, 4) is 0 Å². The fourth-order valence-electron chi connectivity index (χ4n) is 1.93. The number of amides is 2. The molecule has 0 spiro atoms. The Kier molecular flexibility index (Phi) is 6.90. The number of alkyl halides is 3. The van der Waals surface area contributed by atoms with Crippen LogP contribution in [0, 0.1) is 0 Å². The minimum Gasteiger partial charge on any atom is -0.345 e. The van der Waals surface area contributed by atoms with Crippen molar-refractivity contribution in [2.75, 3.05) is 52.9 Å². The standard InChI is InChI=1S/C12H21F3N4O2/c1-18(7-10(20)17-9-12(13,14)15)11(21)8-19-5-2-3-16-4-6-19/h16H,2-9H2,1H3,(H,17,20). The zero-order valence-corrected chi connectivity index (χ0v) is 12.0. The van der Waals surface area contributed by atoms with E-state index in [1.807, 2.05) is 4.90 Å². The monoisotopic (exact) mass is 310 g/mol. The van der Waals surface area contributed by atoms with Gasteiger partial charge in [-0.3, -0.25) is 14.5 Å². The summed E-state index contributed by atoms with van der Waals surface area (Å²) in [5.41, 5.74) is 0. The van der Waals surface area contributed by atoms with Gasteiger partial charge in [0.2, 0.25) is 11.8 Å². The topological polar surface area (TPSA) is 64.7 Å². The Balaban J connectivity index is 2.31. The third kappa shape index (κ3) is 7.86. The number of rotatable bonds is 5. The van der Waals surface area contributed by atoms with Crippen molar-refractivity contribution in [3.63, 3.8) is 0 Å². The number of hydrogen-bond acceptors (Lipinski definition) is 4. The molecule has 1 aliphatic rings. The Morgan fingerprint density at radius 1 is 1.29 bits per heavy atom. The van der Waals surface area contributed by atoms with E-state index in [0.29, 0.717) is 0 Å². The molecule has 0 unspecified atom stereocenters. The molecule has 0 aromatic rings. The molecule has 0 atom stereocenters. The van der Waals surface area contributed by atoms with Crippen molar-refractivity contribution in [1.82, 2.24) is 20.4 Å². The Morgan fingerprint density at radius 2 is 2.00 bits per heavy atom. The third-order valence-electron chi connectivity index (χ3n) is 3.08. The fourth-order valence-corrected chi connectivity index (χ4v) is 1.93. The van der Waals surface area contributed by atoms with E-state index in [1.165, 1.54) is 7.05 Å². The largest absolute Gasteiger partial charge is 0.405 e. The third-order valence-corrected chi connectivity index (χ3v) is 3.08. The summed E-state index contributed by atoms with van der Waals surface area (Å²) >= 11 is 0. The van der Waals surface area contributed by atoms with Gasteiger partial charge in [-0.05, 0) is 19.5 Å². The van der Waals surface area contributed by atoms with Gasteiger partial charge in [0, 0.05) is 20.1 Å². The minimum atomic E-state index is -4.45. The lowest BCUT2D eigenvalue weighted by Gasteiger charge is -2.23. The molecule has 6 nitrogen and oxygen atoms in total. The highest BCUT2D eigenvalue weighted by molar-refractivity contribution is 5.85. The van der Waals surface area contributed by atoms with Crippen LogP contribution >= 0.6 is 0 Å². The zero-order chi connectivity index (χ0) is 15.9. The van der Waals surface area contributed by atoms with E-state index >= 15 is 0 Å². The van der Waals surface area contributed by atoms with Crippen LogP contribution in [0.5, 0.6) is 0 Å². The van der Waals surface area contributed by atoms with Gasteiger partial charge in [-0.2, -0.15) is 13.2 Å². The molecule has 9 heteroatoms. The lowest BCUT2D eigenvalue weighted by molar-refractivity contribution is -0.141. The number of carbonyl (C=O) groups is 2. The summed E-state index contributed by atoms with van der Waals surface area (Å²) in [7, 11) is 1.41. The first kappa shape index (κ1) is 17.7. The van der Waals surface area contributed by atoms with E-state index in [2.05, 4.69) is 5.32 Å². The first-order chi connectivity index (χ1) is 9.78. The van der Waals surface area contributed by atoms with Crippen molar-refractivity contribution < 1.29 is 22.8 Å². The Morgan fingerprint density at radius 3 is 2.67 bits per heavy atom. The van der Waals surface area contributed by atoms with Crippen LogP contribution in [0.3, 0.4) is 0 Å². The van der Waals surface area contributed by atoms with Crippen molar-refractivity contribution in [2.24, 2.45) is 0 Å². The SMILES string of the molecule is CN(CC(=O)NCC(F)(F)F)C(=O)CN1CCCNCC1. The van der Waals surface area contributed by atoms with Crippen molar-refractivity contribution in [3.05, 3.63) is 0 Å². The van der Waals surface area contributed by atoms with Gasteiger partial charge in [-0.25, -0.2) is 0 Å². The average Bonchev–Trinajstić information content (AvgIpc) is 2.64. The quantitative estimate of drug-likeness (QED) is 0.713. The summed E-state index contributed by atoms with van der Waals surface area (Å²) in [6.45, 7) is 1.63. The highest BCUT2D eigenvalue weighted by Gasteiger charge is 2.28. The number of nitrogens with zero attached hydrogens (tertiary/aromatic N) is 2. The highest BCUT2D eigenvalue weighted by Crippen LogP contribution is 2.11. The molecule has 1 fully saturated rings. The highest BCUT2D eigenvalue weighted by atomic mass is 19.4. The molecule has 2 N–H and O–H groups in total. The molecule has 0 aromatic carbocycles. The molecule has 1 rings (SSSR count). The molecule has 0 aromatic heterocycles. The molecule has 0 saturated carbocycles. The average molecular weight is 310 g/mol. The fraction of sp³-hybridized carbons (Fsp3) is 0.833. The summed E-state index contributed by atoms with van der Waals surface area (Å²) in [5, 5.41) is 4.95. The van der Waals surface area contributed by atoms with Gasteiger partial charge in [0.15, 0.2) is 0 Å². The van der Waals surface area contributed by atoms with Crippen LogP contribution in [-0.4, -0.2) is 80.7 Å². The smallest absolute Gasteiger partial charge is 0.345 e. The predicted octanol–water partition coefficient (Wildman–Crippen LogP) is -0.581. The van der Waals surface area contributed by atoms with Gasteiger partial charge in [0.25, 0.3) is 0 Å². The Bertz CT molecular complexity index is 355. The van der Waals surface area contributed by atoms with E-state index in [-0.39, 0.29) is 19.0 Å². The molecule has 0 aliphatic carbocycles. The molecule has 1 aliphatic heterocycles. The molecular formula is C12H21F3N4O2. The van der Waals surface area contributed by atoms with Crippen LogP contribution in [0.1, 0.15) is 6.42 Å². The second-order valence-electron chi connectivity index (χ2n) is 5.02. The van der Waals surface area contributed by atoms with Gasteiger partial charge in [0.1, 0.15) is 6.54 Å². The van der Waals surface area contributed by atoms with Crippen LogP contribution in [-0.2, 0) is 9.59 Å². The van der Waals surface area contributed by atoms with Crippen molar-refractivity contribution >= 4 is 11.8 Å². The molecule has 0 bridgehead atoms. The maximum absolute atomic E-state index is 12.0. The molecule has 0 radical (unpaired) electrons. The van der Waals surface area contributed by atoms with Gasteiger partial charge >= 0.3 is 6.18 Å². The van der Waals surface area contributed by atoms with Crippen LogP contribution in [0.25, 0.3) is 0 Å². The van der Waals surface area contributed by atoms with Gasteiger partial charge in [-0.1, -0.05) is 0 Å². The molecule has 2 amide bonds. The maximum atomic E-state index is 12.0. The summed E-state index contributed by atoms with van der Waals surface area (Å²) in [6, 6.07) is 0. The van der Waals surface area contributed by atoms with Crippen molar-refractivity contribution in [1.29, 1.82) is 0 Å². The van der Waals surface area contributed by atoms with Crippen LogP contribution in [0.2, 0.25) is 0 Å². The molecule has 122 valence electrons. The van der Waals surface area contributed by atoms with E-state index in [0.717, 1.165) is 37.5 Å². The second-order valence-corrected chi connectivity index (χ2v) is 5.02. The zero-order valence-electron chi connectivity index (χ0n) is 12.0. The van der Waals surface area contributed by atoms with E-state index in [9.17, 15) is 22.8 Å². The summed E-state index contributed by atoms with van der Waals surface area (Å²) in [6.07, 6.45) is -3.51. The summed E-state index contributed by atoms with van der Waals surface area (Å²) in [5.74, 6) is -1.10. The Labute approximate surface area is 121 Å². The number of carbonyl (C=O) groups excluding carboxylic acids is 2. The lowest BCUT2D eigenvalue weighted by Crippen LogP contribution is -2.45. The number of hydrogen-bond donors (Lipinski definition) is 2. The number of nitrogens with one attached hydrogen (secondary N) is 2. The molecule has 21 heavy (non-hydrogen) atoms. The first-order valence-electron chi connectivity index (χ1n) is 6.78. The number of likely N-dealkylation sites (N-methyl/N-ethyl adjacent to an activating group) is 1. The van der Waals surface area contributed by atoms with Crippen LogP contribution in [0.15, 0.2) is 0 Å². The predicted molar refractivity (Wildman–Crippen MR) is 70.6 cm³/mol. The lowest BCUT2D eigenvalue weighted by atomic mass is 10.3. The van der Waals surface area contributed by atoms with Gasteiger partial charge in [0.05, 0.1) is 13.1 Å². The van der Waals surface area contributed by atoms with Crippen LogP contribution < -0.4 is 10.6 Å². The minimum absolute atomic E-state index is 0.171. The maximum Gasteiger partial charge on any atom is 0.405 e. The molecular weight excluding hydrogens is 289 g/mol. The normalized spacial score (nSPS) is 17.1. The van der Waals surface area contributed by atoms with Crippen molar-refractivity contribution in [2.45, 2.75) is 12.6 Å². The summed E-state index contributed by atoms with van der Waals surface area (Å²) < 4.78 is 35.9. The van der Waals surface area contributed by atoms with E-state index in [4.69, 9.17) is 0 Å². The van der Waals surface area contributed by atoms with Gasteiger partial charge < -0.3 is 15.5 Å². The first-order valence-corrected chi connectivity index (χ1v) is 6.78. The number of halogens is 3. The second kappa shape index (κ2) is 8.18. The van der Waals surface area contributed by atoms with Crippen LogP contribution in [0.4, 0.5) is 13.2 Å². The Hall–Kier alpha value is -1.35. The van der Waals surface area contributed by atoms with E-state index < -0.39 is 18.6 Å². The molecule has 1 heterocycles. The van der Waals surface area contributed by atoms with E-state index in [1.54, 1.807) is 5.32 Å². The summed E-state index contributed by atoms with van der Waals surface area (Å²) in [4.78, 5) is 26.4. The van der Waals surface area contributed by atoms with Gasteiger partial charge in [-0.15, -0.1) is 0 Å². The molecule has 1 saturated heterocycles.